The van der Waals surface area contributed by atoms with Crippen LogP contribution in [0.5, 0.6) is 5.88 Å². The minimum absolute atomic E-state index is 0.0259. The van der Waals surface area contributed by atoms with Crippen LogP contribution in [-0.4, -0.2) is 22.2 Å². The molecule has 0 aromatic carbocycles. The average molecular weight is 140 g/mol. The van der Waals surface area contributed by atoms with Crippen molar-refractivity contribution in [1.29, 1.82) is 0 Å². The van der Waals surface area contributed by atoms with Crippen molar-refractivity contribution in [2.45, 2.75) is 6.61 Å². The molecule has 0 aliphatic carbocycles. The molecule has 0 bridgehead atoms. The molecule has 4 heteroatoms. The van der Waals surface area contributed by atoms with Gasteiger partial charge in [-0.2, -0.15) is 4.98 Å². The number of hydrogen-bond acceptors (Lipinski definition) is 4. The third-order valence-electron chi connectivity index (χ3n) is 0.964. The second-order valence-electron chi connectivity index (χ2n) is 1.76. The fourth-order valence-electron chi connectivity index (χ4n) is 0.587. The van der Waals surface area contributed by atoms with Crippen LogP contribution in [0.2, 0.25) is 0 Å². The highest BCUT2D eigenvalue weighted by molar-refractivity contribution is 5.05. The molecule has 0 saturated heterocycles. The number of aromatic nitrogens is 2. The molecule has 0 aliphatic rings. The first-order chi connectivity index (χ1) is 4.83. The van der Waals surface area contributed by atoms with Gasteiger partial charge in [-0.15, -0.1) is 0 Å². The summed E-state index contributed by atoms with van der Waals surface area (Å²) in [6.45, 7) is 0.328. The largest absolute Gasteiger partial charge is 0.493 e. The van der Waals surface area contributed by atoms with Crippen LogP contribution in [0.1, 0.15) is 5.82 Å². The molecule has 1 N–H and O–H groups in total. The van der Waals surface area contributed by atoms with Gasteiger partial charge in [0.1, 0.15) is 6.61 Å². The fraction of sp³-hybridized carbons (Fsp3) is 0.333. The van der Waals surface area contributed by atoms with E-state index in [0.29, 0.717) is 12.4 Å². The Kier molecular flexibility index (Phi) is 2.17. The molecule has 0 spiro atoms. The lowest BCUT2D eigenvalue weighted by Gasteiger charge is -1.95. The first-order valence-corrected chi connectivity index (χ1v) is 2.83. The van der Waals surface area contributed by atoms with E-state index in [-0.39, 0.29) is 5.88 Å². The van der Waals surface area contributed by atoms with Crippen molar-refractivity contribution in [3.8, 4) is 5.88 Å². The number of aromatic hydroxyl groups is 1. The standard InChI is InChI=1S/C6H8N2O2/c1-10-4-5-7-3-2-6(9)8-5/h2-3H,4H2,1H3,(H,7,8,9). The van der Waals surface area contributed by atoms with E-state index < -0.39 is 0 Å². The van der Waals surface area contributed by atoms with Gasteiger partial charge in [0.25, 0.3) is 0 Å². The molecular weight excluding hydrogens is 132 g/mol. The van der Waals surface area contributed by atoms with Gasteiger partial charge in [0, 0.05) is 19.4 Å². The summed E-state index contributed by atoms with van der Waals surface area (Å²) in [6, 6.07) is 1.42. The second-order valence-corrected chi connectivity index (χ2v) is 1.76. The van der Waals surface area contributed by atoms with Crippen molar-refractivity contribution in [2.75, 3.05) is 7.11 Å². The monoisotopic (exact) mass is 140 g/mol. The molecule has 0 fully saturated rings. The first kappa shape index (κ1) is 6.95. The van der Waals surface area contributed by atoms with E-state index in [1.807, 2.05) is 0 Å². The van der Waals surface area contributed by atoms with Gasteiger partial charge in [-0.05, 0) is 0 Å². The topological polar surface area (TPSA) is 55.2 Å². The zero-order chi connectivity index (χ0) is 7.40. The van der Waals surface area contributed by atoms with Gasteiger partial charge in [0.15, 0.2) is 5.82 Å². The minimum Gasteiger partial charge on any atom is -0.493 e. The lowest BCUT2D eigenvalue weighted by molar-refractivity contribution is 0.177. The lowest BCUT2D eigenvalue weighted by atomic mass is 10.5. The molecule has 0 radical (unpaired) electrons. The van der Waals surface area contributed by atoms with Crippen LogP contribution in [0.15, 0.2) is 12.3 Å². The smallest absolute Gasteiger partial charge is 0.214 e. The molecule has 0 unspecified atom stereocenters. The summed E-state index contributed by atoms with van der Waals surface area (Å²) in [4.78, 5) is 7.52. The fourth-order valence-corrected chi connectivity index (χ4v) is 0.587. The summed E-state index contributed by atoms with van der Waals surface area (Å²) < 4.78 is 4.75. The van der Waals surface area contributed by atoms with Crippen molar-refractivity contribution >= 4 is 0 Å². The summed E-state index contributed by atoms with van der Waals surface area (Å²) in [5, 5.41) is 8.83. The third-order valence-corrected chi connectivity index (χ3v) is 0.964. The maximum Gasteiger partial charge on any atom is 0.214 e. The number of rotatable bonds is 2. The van der Waals surface area contributed by atoms with Crippen LogP contribution < -0.4 is 0 Å². The highest BCUT2D eigenvalue weighted by Gasteiger charge is 1.94. The SMILES string of the molecule is COCc1nccc(O)n1. The average Bonchev–Trinajstić information content (AvgIpc) is 1.88. The Morgan fingerprint density at radius 1 is 1.70 bits per heavy atom. The van der Waals surface area contributed by atoms with E-state index in [9.17, 15) is 0 Å². The highest BCUT2D eigenvalue weighted by Crippen LogP contribution is 2.01. The van der Waals surface area contributed by atoms with Gasteiger partial charge in [-0.3, -0.25) is 0 Å². The van der Waals surface area contributed by atoms with Crippen LogP contribution >= 0.6 is 0 Å². The van der Waals surface area contributed by atoms with Crippen LogP contribution in [0.25, 0.3) is 0 Å². The molecule has 0 saturated carbocycles. The molecule has 0 amide bonds. The van der Waals surface area contributed by atoms with E-state index in [1.165, 1.54) is 12.3 Å². The highest BCUT2D eigenvalue weighted by atomic mass is 16.5. The van der Waals surface area contributed by atoms with Gasteiger partial charge in [0.05, 0.1) is 0 Å². The van der Waals surface area contributed by atoms with E-state index in [2.05, 4.69) is 9.97 Å². The Morgan fingerprint density at radius 2 is 2.50 bits per heavy atom. The number of methoxy groups -OCH3 is 1. The normalized spacial score (nSPS) is 9.70. The molecule has 0 aliphatic heterocycles. The molecular formula is C6H8N2O2. The molecule has 1 rings (SSSR count). The van der Waals surface area contributed by atoms with Crippen molar-refractivity contribution in [2.24, 2.45) is 0 Å². The quantitative estimate of drug-likeness (QED) is 0.643. The van der Waals surface area contributed by atoms with Crippen molar-refractivity contribution < 1.29 is 9.84 Å². The van der Waals surface area contributed by atoms with Gasteiger partial charge in [-0.25, -0.2) is 4.98 Å². The summed E-state index contributed by atoms with van der Waals surface area (Å²) in [6.07, 6.45) is 1.48. The molecule has 4 nitrogen and oxygen atoms in total. The molecule has 1 heterocycles. The van der Waals surface area contributed by atoms with Gasteiger partial charge < -0.3 is 9.84 Å². The number of hydrogen-bond donors (Lipinski definition) is 1. The zero-order valence-electron chi connectivity index (χ0n) is 5.61. The van der Waals surface area contributed by atoms with Crippen LogP contribution in [0.3, 0.4) is 0 Å². The maximum atomic E-state index is 8.83. The predicted molar refractivity (Wildman–Crippen MR) is 34.4 cm³/mol. The van der Waals surface area contributed by atoms with E-state index in [4.69, 9.17) is 9.84 Å². The second kappa shape index (κ2) is 3.12. The maximum absolute atomic E-state index is 8.83. The summed E-state index contributed by atoms with van der Waals surface area (Å²) in [5.41, 5.74) is 0. The molecule has 1 aromatic rings. The Morgan fingerprint density at radius 3 is 3.10 bits per heavy atom. The van der Waals surface area contributed by atoms with Crippen molar-refractivity contribution in [1.82, 2.24) is 9.97 Å². The minimum atomic E-state index is -0.0259. The molecule has 0 atom stereocenters. The molecule has 1 aromatic heterocycles. The van der Waals surface area contributed by atoms with Crippen LogP contribution in [0.4, 0.5) is 0 Å². The van der Waals surface area contributed by atoms with Gasteiger partial charge in [-0.1, -0.05) is 0 Å². The predicted octanol–water partition coefficient (Wildman–Crippen LogP) is 0.329. The van der Waals surface area contributed by atoms with Crippen LogP contribution in [-0.2, 0) is 11.3 Å². The van der Waals surface area contributed by atoms with Gasteiger partial charge in [0.2, 0.25) is 5.88 Å². The van der Waals surface area contributed by atoms with Crippen LogP contribution in [0, 0.1) is 0 Å². The Balaban J connectivity index is 2.75. The van der Waals surface area contributed by atoms with Gasteiger partial charge >= 0.3 is 0 Å². The zero-order valence-corrected chi connectivity index (χ0v) is 5.61. The summed E-state index contributed by atoms with van der Waals surface area (Å²) in [7, 11) is 1.55. The third kappa shape index (κ3) is 1.66. The summed E-state index contributed by atoms with van der Waals surface area (Å²) in [5.74, 6) is 0.463. The summed E-state index contributed by atoms with van der Waals surface area (Å²) >= 11 is 0. The Bertz CT molecular complexity index is 215. The van der Waals surface area contributed by atoms with Crippen molar-refractivity contribution in [3.05, 3.63) is 18.1 Å². The number of nitrogens with zero attached hydrogens (tertiary/aromatic N) is 2. The van der Waals surface area contributed by atoms with E-state index in [0.717, 1.165) is 0 Å². The number of ether oxygens (including phenoxy) is 1. The molecule has 54 valence electrons. The Hall–Kier alpha value is -1.16. The van der Waals surface area contributed by atoms with Crippen molar-refractivity contribution in [3.63, 3.8) is 0 Å². The Labute approximate surface area is 58.5 Å². The van der Waals surface area contributed by atoms with E-state index >= 15 is 0 Å². The first-order valence-electron chi connectivity index (χ1n) is 2.83. The molecule has 10 heavy (non-hydrogen) atoms. The van der Waals surface area contributed by atoms with E-state index in [1.54, 1.807) is 7.11 Å². The lowest BCUT2D eigenvalue weighted by Crippen LogP contribution is -1.94.